The molecule has 0 saturated heterocycles. The largest absolute Gasteiger partial charge is 0.464 e. The molecule has 1 atom stereocenters. The van der Waals surface area contributed by atoms with Crippen LogP contribution in [0.15, 0.2) is 45.8 Å². The Morgan fingerprint density at radius 2 is 1.77 bits per heavy atom. The van der Waals surface area contributed by atoms with Gasteiger partial charge in [0.2, 0.25) is 6.79 Å². The fourth-order valence-corrected chi connectivity index (χ4v) is 3.52. The average molecular weight is 350 g/mol. The minimum absolute atomic E-state index is 0.0642. The average Bonchev–Trinajstić information content (AvgIpc) is 3.07. The van der Waals surface area contributed by atoms with Crippen molar-refractivity contribution in [1.82, 2.24) is 0 Å². The molecule has 3 heterocycles. The third kappa shape index (κ3) is 2.19. The normalized spacial score (nSPS) is 17.9. The molecule has 6 heteroatoms. The molecule has 5 rings (SSSR count). The van der Waals surface area contributed by atoms with E-state index in [1.807, 2.05) is 13.0 Å². The lowest BCUT2D eigenvalue weighted by molar-refractivity contribution is -0.135. The van der Waals surface area contributed by atoms with Gasteiger partial charge in [-0.15, -0.1) is 0 Å². The van der Waals surface area contributed by atoms with Crippen LogP contribution in [0.25, 0.3) is 11.0 Å². The number of esters is 1. The Labute approximate surface area is 147 Å². The summed E-state index contributed by atoms with van der Waals surface area (Å²) >= 11 is 0. The Hall–Kier alpha value is -3.28. The summed E-state index contributed by atoms with van der Waals surface area (Å²) in [5, 5.41) is 0.503. The summed E-state index contributed by atoms with van der Waals surface area (Å²) in [4.78, 5) is 25.2. The van der Waals surface area contributed by atoms with Crippen LogP contribution in [-0.2, 0) is 4.79 Å². The van der Waals surface area contributed by atoms with E-state index in [9.17, 15) is 9.59 Å². The van der Waals surface area contributed by atoms with Crippen molar-refractivity contribution in [3.63, 3.8) is 0 Å². The number of carbonyl (C=O) groups excluding carboxylic acids is 1. The number of fused-ring (bicyclic) bond motifs is 3. The second-order valence-corrected chi connectivity index (χ2v) is 6.49. The standard InChI is InChI=1S/C20H14O6/c1-10-2-3-15-13(4-10)20(22)14(8-23-15)11-6-19(21)26-16-7-18-17(5-12(11)16)24-9-25-18/h2-5,7-8,11H,6,9H2,1H3/t11-/m0/s1. The molecule has 2 aliphatic heterocycles. The highest BCUT2D eigenvalue weighted by Crippen LogP contribution is 2.45. The molecule has 6 nitrogen and oxygen atoms in total. The third-order valence-corrected chi connectivity index (χ3v) is 4.81. The van der Waals surface area contributed by atoms with E-state index in [4.69, 9.17) is 18.6 Å². The van der Waals surface area contributed by atoms with Gasteiger partial charge >= 0.3 is 5.97 Å². The van der Waals surface area contributed by atoms with E-state index in [1.165, 1.54) is 6.26 Å². The van der Waals surface area contributed by atoms with Crippen molar-refractivity contribution in [2.45, 2.75) is 19.3 Å². The predicted octanol–water partition coefficient (Wildman–Crippen LogP) is 3.27. The fourth-order valence-electron chi connectivity index (χ4n) is 3.52. The van der Waals surface area contributed by atoms with E-state index in [1.54, 1.807) is 24.3 Å². The summed E-state index contributed by atoms with van der Waals surface area (Å²) in [7, 11) is 0. The van der Waals surface area contributed by atoms with Crippen LogP contribution in [0.4, 0.5) is 0 Å². The van der Waals surface area contributed by atoms with Crippen LogP contribution in [0.3, 0.4) is 0 Å². The summed E-state index contributed by atoms with van der Waals surface area (Å²) in [6, 6.07) is 8.87. The first-order valence-electron chi connectivity index (χ1n) is 8.26. The van der Waals surface area contributed by atoms with Crippen LogP contribution in [0.5, 0.6) is 17.2 Å². The molecule has 0 N–H and O–H groups in total. The predicted molar refractivity (Wildman–Crippen MR) is 91.9 cm³/mol. The highest BCUT2D eigenvalue weighted by molar-refractivity contribution is 5.81. The van der Waals surface area contributed by atoms with Crippen LogP contribution in [0.2, 0.25) is 0 Å². The van der Waals surface area contributed by atoms with Crippen molar-refractivity contribution in [2.24, 2.45) is 0 Å². The molecule has 2 aromatic carbocycles. The van der Waals surface area contributed by atoms with Crippen LogP contribution >= 0.6 is 0 Å². The number of carbonyl (C=O) groups is 1. The Bertz CT molecular complexity index is 1130. The van der Waals surface area contributed by atoms with Gasteiger partial charge in [0.1, 0.15) is 11.3 Å². The second kappa shape index (κ2) is 5.36. The molecule has 0 unspecified atom stereocenters. The summed E-state index contributed by atoms with van der Waals surface area (Å²) < 4.78 is 21.8. The molecule has 0 fully saturated rings. The number of aryl methyl sites for hydroxylation is 1. The fraction of sp³-hybridized carbons (Fsp3) is 0.200. The van der Waals surface area contributed by atoms with Crippen LogP contribution in [0.1, 0.15) is 29.0 Å². The van der Waals surface area contributed by atoms with Gasteiger partial charge in [0.15, 0.2) is 16.9 Å². The van der Waals surface area contributed by atoms with E-state index in [0.717, 1.165) is 5.56 Å². The minimum Gasteiger partial charge on any atom is -0.464 e. The number of rotatable bonds is 1. The quantitative estimate of drug-likeness (QED) is 0.495. The van der Waals surface area contributed by atoms with E-state index < -0.39 is 11.9 Å². The van der Waals surface area contributed by atoms with Crippen LogP contribution in [-0.4, -0.2) is 12.8 Å². The SMILES string of the molecule is Cc1ccc2occ([C@H]3CC(=O)Oc4cc5c(cc43)OCO5)c(=O)c2c1. The molecule has 0 spiro atoms. The van der Waals surface area contributed by atoms with Gasteiger partial charge in [-0.2, -0.15) is 0 Å². The van der Waals surface area contributed by atoms with Gasteiger partial charge in [0.05, 0.1) is 18.1 Å². The Balaban J connectivity index is 1.72. The molecule has 0 bridgehead atoms. The first-order chi connectivity index (χ1) is 12.6. The number of hydrogen-bond donors (Lipinski definition) is 0. The van der Waals surface area contributed by atoms with Gasteiger partial charge in [0, 0.05) is 23.1 Å². The molecule has 0 amide bonds. The molecular weight excluding hydrogens is 336 g/mol. The number of hydrogen-bond acceptors (Lipinski definition) is 6. The van der Waals surface area contributed by atoms with Crippen molar-refractivity contribution >= 4 is 16.9 Å². The maximum Gasteiger partial charge on any atom is 0.312 e. The smallest absolute Gasteiger partial charge is 0.312 e. The van der Waals surface area contributed by atoms with Crippen molar-refractivity contribution in [1.29, 1.82) is 0 Å². The summed E-state index contributed by atoms with van der Waals surface area (Å²) in [6.07, 6.45) is 1.51. The zero-order valence-corrected chi connectivity index (χ0v) is 13.9. The summed E-state index contributed by atoms with van der Waals surface area (Å²) in [5.41, 5.74) is 2.49. The van der Waals surface area contributed by atoms with Gasteiger partial charge in [-0.25, -0.2) is 0 Å². The zero-order chi connectivity index (χ0) is 17.8. The van der Waals surface area contributed by atoms with Crippen molar-refractivity contribution in [3.8, 4) is 17.2 Å². The van der Waals surface area contributed by atoms with Crippen molar-refractivity contribution in [2.75, 3.05) is 6.79 Å². The van der Waals surface area contributed by atoms with E-state index in [0.29, 0.717) is 39.3 Å². The molecule has 130 valence electrons. The molecule has 26 heavy (non-hydrogen) atoms. The summed E-state index contributed by atoms with van der Waals surface area (Å²) in [5.74, 6) is 0.636. The highest BCUT2D eigenvalue weighted by atomic mass is 16.7. The first-order valence-corrected chi connectivity index (χ1v) is 8.26. The van der Waals surface area contributed by atoms with Crippen LogP contribution < -0.4 is 19.6 Å². The topological polar surface area (TPSA) is 75.0 Å². The molecule has 0 aliphatic carbocycles. The van der Waals surface area contributed by atoms with Crippen LogP contribution in [0, 0.1) is 6.92 Å². The number of ether oxygens (including phenoxy) is 3. The maximum absolute atomic E-state index is 13.1. The Morgan fingerprint density at radius 3 is 2.62 bits per heavy atom. The third-order valence-electron chi connectivity index (χ3n) is 4.81. The van der Waals surface area contributed by atoms with E-state index in [2.05, 4.69) is 0 Å². The molecule has 0 saturated carbocycles. The molecular formula is C20H14O6. The second-order valence-electron chi connectivity index (χ2n) is 6.49. The lowest BCUT2D eigenvalue weighted by atomic mass is 9.86. The van der Waals surface area contributed by atoms with Crippen molar-refractivity contribution < 1.29 is 23.4 Å². The molecule has 1 aromatic heterocycles. The first kappa shape index (κ1) is 15.0. The van der Waals surface area contributed by atoms with Gasteiger partial charge in [-0.1, -0.05) is 11.6 Å². The monoisotopic (exact) mass is 350 g/mol. The summed E-state index contributed by atoms with van der Waals surface area (Å²) in [6.45, 7) is 2.04. The Morgan fingerprint density at radius 1 is 0.962 bits per heavy atom. The van der Waals surface area contributed by atoms with Gasteiger partial charge < -0.3 is 18.6 Å². The van der Waals surface area contributed by atoms with Gasteiger partial charge in [-0.05, 0) is 25.1 Å². The lowest BCUT2D eigenvalue weighted by Gasteiger charge is -2.24. The van der Waals surface area contributed by atoms with E-state index in [-0.39, 0.29) is 18.6 Å². The number of benzene rings is 2. The lowest BCUT2D eigenvalue weighted by Crippen LogP contribution is -2.24. The van der Waals surface area contributed by atoms with E-state index >= 15 is 0 Å². The molecule has 2 aliphatic rings. The van der Waals surface area contributed by atoms with Gasteiger partial charge in [-0.3, -0.25) is 9.59 Å². The van der Waals surface area contributed by atoms with Crippen molar-refractivity contribution in [3.05, 3.63) is 63.5 Å². The maximum atomic E-state index is 13.1. The highest BCUT2D eigenvalue weighted by Gasteiger charge is 2.33. The molecule has 3 aromatic rings. The van der Waals surface area contributed by atoms with Gasteiger partial charge in [0.25, 0.3) is 0 Å². The Kier molecular flexibility index (Phi) is 3.09. The minimum atomic E-state index is -0.457. The molecule has 0 radical (unpaired) electrons. The zero-order valence-electron chi connectivity index (χ0n) is 13.9.